The first kappa shape index (κ1) is 25.4. The highest BCUT2D eigenvalue weighted by Crippen LogP contribution is 2.29. The van der Waals surface area contributed by atoms with E-state index in [1.54, 1.807) is 13.1 Å². The van der Waals surface area contributed by atoms with Crippen molar-refractivity contribution in [3.8, 4) is 0 Å². The molecule has 1 aliphatic carbocycles. The van der Waals surface area contributed by atoms with Gasteiger partial charge in [0.25, 0.3) is 5.56 Å². The highest BCUT2D eigenvalue weighted by Gasteiger charge is 2.22. The molecule has 0 aromatic carbocycles. The Morgan fingerprint density at radius 2 is 2.19 bits per heavy atom. The number of unbranched alkanes of at least 4 members (excludes halogenated alkanes) is 1. The number of amides is 1. The summed E-state index contributed by atoms with van der Waals surface area (Å²) in [4.78, 5) is 35.1. The minimum Gasteiger partial charge on any atom is -0.323 e. The molecule has 0 saturated heterocycles. The molecule has 0 aliphatic heterocycles. The number of aromatic nitrogens is 1. The Morgan fingerprint density at radius 3 is 2.81 bits per heavy atom. The molecule has 1 atom stereocenters. The first-order valence-electron chi connectivity index (χ1n) is 11.1. The molecule has 1 N–H and O–H groups in total. The highest BCUT2D eigenvalue weighted by molar-refractivity contribution is 5.90. The average Bonchev–Trinajstić information content (AvgIpc) is 2.73. The van der Waals surface area contributed by atoms with Gasteiger partial charge in [-0.05, 0) is 44.6 Å². The summed E-state index contributed by atoms with van der Waals surface area (Å²) < 4.78 is 30.1. The zero-order valence-corrected chi connectivity index (χ0v) is 18.7. The van der Waals surface area contributed by atoms with Gasteiger partial charge in [0.1, 0.15) is 12.5 Å². The lowest BCUT2D eigenvalue weighted by molar-refractivity contribution is -0.117. The number of hydrogen-bond donors (Lipinski definition) is 1. The van der Waals surface area contributed by atoms with Gasteiger partial charge in [0, 0.05) is 37.2 Å². The van der Waals surface area contributed by atoms with Crippen LogP contribution < -0.4 is 10.9 Å². The molecule has 0 radical (unpaired) electrons. The lowest BCUT2D eigenvalue weighted by Crippen LogP contribution is -2.29. The Kier molecular flexibility index (Phi) is 10.2. The second kappa shape index (κ2) is 12.9. The number of aldehydes is 1. The summed E-state index contributed by atoms with van der Waals surface area (Å²) in [6, 6.07) is 1.32. The molecular weight excluding hydrogens is 418 g/mol. The molecule has 2 rings (SSSR count). The minimum absolute atomic E-state index is 0.0316. The minimum atomic E-state index is -1.36. The van der Waals surface area contributed by atoms with Crippen LogP contribution >= 0.6 is 0 Å². The third-order valence-electron chi connectivity index (χ3n) is 5.33. The molecule has 1 amide bonds. The van der Waals surface area contributed by atoms with Gasteiger partial charge in [0.05, 0.1) is 12.2 Å². The second-order valence-electron chi connectivity index (χ2n) is 8.18. The summed E-state index contributed by atoms with van der Waals surface area (Å²) in [6.45, 7) is 3.45. The monoisotopic (exact) mass is 450 g/mol. The van der Waals surface area contributed by atoms with E-state index in [1.807, 2.05) is 6.92 Å². The van der Waals surface area contributed by atoms with Crippen LogP contribution in [0.3, 0.4) is 0 Å². The van der Waals surface area contributed by atoms with Gasteiger partial charge in [0.2, 0.25) is 11.7 Å². The van der Waals surface area contributed by atoms with Gasteiger partial charge in [-0.15, -0.1) is 0 Å². The lowest BCUT2D eigenvalue weighted by atomic mass is 9.83. The zero-order valence-electron chi connectivity index (χ0n) is 18.7. The van der Waals surface area contributed by atoms with Crippen LogP contribution in [0.5, 0.6) is 0 Å². The van der Waals surface area contributed by atoms with E-state index in [1.165, 1.54) is 23.5 Å². The molecule has 176 valence electrons. The van der Waals surface area contributed by atoms with Crippen molar-refractivity contribution in [2.24, 2.45) is 11.0 Å². The van der Waals surface area contributed by atoms with Crippen LogP contribution in [0.4, 0.5) is 14.5 Å². The smallest absolute Gasteiger partial charge is 0.288 e. The van der Waals surface area contributed by atoms with Crippen molar-refractivity contribution in [3.05, 3.63) is 40.2 Å². The van der Waals surface area contributed by atoms with Crippen molar-refractivity contribution in [3.63, 3.8) is 0 Å². The van der Waals surface area contributed by atoms with Crippen LogP contribution in [0.15, 0.2) is 33.9 Å². The van der Waals surface area contributed by atoms with Gasteiger partial charge in [0.15, 0.2) is 0 Å². The number of rotatable bonds is 13. The summed E-state index contributed by atoms with van der Waals surface area (Å²) in [7, 11) is 0. The number of aryl methyl sites for hydroxylation is 1. The maximum absolute atomic E-state index is 14.5. The van der Waals surface area contributed by atoms with Crippen LogP contribution in [-0.2, 0) is 16.1 Å². The molecule has 1 unspecified atom stereocenters. The van der Waals surface area contributed by atoms with E-state index in [-0.39, 0.29) is 31.1 Å². The Hall–Kier alpha value is -2.84. The molecule has 7 nitrogen and oxygen atoms in total. The predicted molar refractivity (Wildman–Crippen MR) is 121 cm³/mol. The SMILES string of the molecule is CCC/C=N/N(/C=C(\C)C=O)CC(F)CCn1ccc(NC(=O)CC2CCC2)c(F)c1=O. The molecule has 1 aliphatic rings. The molecule has 1 heterocycles. The number of anilines is 1. The molecule has 1 aromatic heterocycles. The first-order chi connectivity index (χ1) is 15.3. The number of alkyl halides is 1. The van der Waals surface area contributed by atoms with Crippen LogP contribution in [0.2, 0.25) is 0 Å². The molecule has 9 heteroatoms. The molecule has 1 fully saturated rings. The van der Waals surface area contributed by atoms with E-state index in [0.717, 1.165) is 36.7 Å². The number of carbonyl (C=O) groups is 2. The van der Waals surface area contributed by atoms with Gasteiger partial charge in [-0.2, -0.15) is 9.49 Å². The summed E-state index contributed by atoms with van der Waals surface area (Å²) in [6.07, 6.45) is 8.74. The fraction of sp³-hybridized carbons (Fsp3) is 0.565. The van der Waals surface area contributed by atoms with E-state index < -0.39 is 17.5 Å². The summed E-state index contributed by atoms with van der Waals surface area (Å²) in [5, 5.41) is 7.98. The number of nitrogens with zero attached hydrogens (tertiary/aromatic N) is 3. The Morgan fingerprint density at radius 1 is 1.44 bits per heavy atom. The molecule has 0 bridgehead atoms. The van der Waals surface area contributed by atoms with Gasteiger partial charge in [-0.1, -0.05) is 19.8 Å². The largest absolute Gasteiger partial charge is 0.323 e. The van der Waals surface area contributed by atoms with Gasteiger partial charge in [-0.3, -0.25) is 19.4 Å². The third kappa shape index (κ3) is 8.01. The Balaban J connectivity index is 1.94. The van der Waals surface area contributed by atoms with E-state index >= 15 is 0 Å². The van der Waals surface area contributed by atoms with Gasteiger partial charge < -0.3 is 9.88 Å². The number of halogens is 2. The van der Waals surface area contributed by atoms with E-state index in [4.69, 9.17) is 0 Å². The van der Waals surface area contributed by atoms with Crippen LogP contribution in [0.1, 0.15) is 58.8 Å². The van der Waals surface area contributed by atoms with Crippen LogP contribution in [-0.4, -0.2) is 40.7 Å². The third-order valence-corrected chi connectivity index (χ3v) is 5.33. The number of hydrogen-bond acceptors (Lipinski definition) is 5. The summed E-state index contributed by atoms with van der Waals surface area (Å²) in [5.41, 5.74) is -0.662. The van der Waals surface area contributed by atoms with E-state index in [0.29, 0.717) is 24.2 Å². The molecule has 0 spiro atoms. The predicted octanol–water partition coefficient (Wildman–Crippen LogP) is 4.03. The Labute approximate surface area is 187 Å². The summed E-state index contributed by atoms with van der Waals surface area (Å²) in [5.74, 6) is -1.03. The second-order valence-corrected chi connectivity index (χ2v) is 8.18. The van der Waals surface area contributed by atoms with Crippen LogP contribution in [0, 0.1) is 11.7 Å². The van der Waals surface area contributed by atoms with Crippen molar-refractivity contribution in [2.75, 3.05) is 11.9 Å². The molecular formula is C23H32F2N4O3. The number of nitrogens with one attached hydrogen (secondary N) is 1. The van der Waals surface area contributed by atoms with Crippen molar-refractivity contribution < 1.29 is 18.4 Å². The van der Waals surface area contributed by atoms with E-state index in [2.05, 4.69) is 10.4 Å². The average molecular weight is 451 g/mol. The zero-order chi connectivity index (χ0) is 23.5. The summed E-state index contributed by atoms with van der Waals surface area (Å²) >= 11 is 0. The van der Waals surface area contributed by atoms with Crippen molar-refractivity contribution in [2.45, 2.75) is 71.5 Å². The molecule has 1 saturated carbocycles. The normalized spacial score (nSPS) is 15.4. The maximum Gasteiger partial charge on any atom is 0.288 e. The first-order valence-corrected chi connectivity index (χ1v) is 11.1. The maximum atomic E-state index is 14.5. The number of hydrazone groups is 1. The van der Waals surface area contributed by atoms with Crippen molar-refractivity contribution in [1.82, 2.24) is 9.58 Å². The van der Waals surface area contributed by atoms with E-state index in [9.17, 15) is 23.2 Å². The molecule has 1 aromatic rings. The molecule has 32 heavy (non-hydrogen) atoms. The fourth-order valence-electron chi connectivity index (χ4n) is 3.24. The fourth-order valence-corrected chi connectivity index (χ4v) is 3.24. The number of carbonyl (C=O) groups excluding carboxylic acids is 2. The Bertz CT molecular complexity index is 894. The standard InChI is InChI=1S/C23H32F2N4O3/c1-3-4-10-26-29(14-17(2)16-30)15-19(24)8-11-28-12-9-20(22(25)23(28)32)27-21(31)13-18-6-5-7-18/h9-10,12,14,16,18-19H,3-8,11,13,15H2,1-2H3,(H,27,31)/b17-14+,26-10+. The quantitative estimate of drug-likeness (QED) is 0.213. The van der Waals surface area contributed by atoms with Crippen molar-refractivity contribution in [1.29, 1.82) is 0 Å². The van der Waals surface area contributed by atoms with Crippen LogP contribution in [0.25, 0.3) is 0 Å². The van der Waals surface area contributed by atoms with Crippen molar-refractivity contribution >= 4 is 24.1 Å². The van der Waals surface area contributed by atoms with Gasteiger partial charge in [-0.25, -0.2) is 4.39 Å². The number of allylic oxidation sites excluding steroid dienone is 1. The lowest BCUT2D eigenvalue weighted by Gasteiger charge is -2.24. The highest BCUT2D eigenvalue weighted by atomic mass is 19.1. The number of pyridine rings is 1. The topological polar surface area (TPSA) is 83.8 Å². The van der Waals surface area contributed by atoms with Gasteiger partial charge >= 0.3 is 0 Å².